The van der Waals surface area contributed by atoms with E-state index in [1.54, 1.807) is 17.0 Å². The maximum Gasteiger partial charge on any atom is 0.340 e. The van der Waals surface area contributed by atoms with Gasteiger partial charge in [-0.25, -0.2) is 14.2 Å². The van der Waals surface area contributed by atoms with Crippen molar-refractivity contribution in [2.45, 2.75) is 12.8 Å². The van der Waals surface area contributed by atoms with E-state index >= 15 is 0 Å². The van der Waals surface area contributed by atoms with Crippen molar-refractivity contribution in [1.82, 2.24) is 9.88 Å². The Balaban J connectivity index is 1.65. The van der Waals surface area contributed by atoms with Gasteiger partial charge >= 0.3 is 5.97 Å². The molecule has 2 heterocycles. The van der Waals surface area contributed by atoms with Crippen LogP contribution in [-0.4, -0.2) is 42.0 Å². The molecule has 1 aromatic carbocycles. The first-order valence-corrected chi connectivity index (χ1v) is 8.54. The molecule has 1 aliphatic rings. The van der Waals surface area contributed by atoms with Gasteiger partial charge in [-0.15, -0.1) is 0 Å². The summed E-state index contributed by atoms with van der Waals surface area (Å²) in [7, 11) is 1.22. The molecule has 6 nitrogen and oxygen atoms in total. The number of esters is 1. The smallest absolute Gasteiger partial charge is 0.340 e. The van der Waals surface area contributed by atoms with E-state index in [-0.39, 0.29) is 23.1 Å². The lowest BCUT2D eigenvalue weighted by molar-refractivity contribution is 0.0595. The molecule has 3 rings (SSSR count). The normalized spacial score (nSPS) is 16.0. The number of methoxy groups -OCH3 is 1. The zero-order valence-corrected chi connectivity index (χ0v) is 14.8. The Hall–Kier alpha value is -3.27. The molecule has 0 N–H and O–H groups in total. The number of benzene rings is 1. The van der Waals surface area contributed by atoms with Crippen LogP contribution in [0.4, 0.5) is 4.39 Å². The van der Waals surface area contributed by atoms with Gasteiger partial charge in [0.15, 0.2) is 0 Å². The lowest BCUT2D eigenvalue weighted by Crippen LogP contribution is -2.29. The van der Waals surface area contributed by atoms with Crippen molar-refractivity contribution < 1.29 is 18.7 Å². The third-order valence-corrected chi connectivity index (χ3v) is 4.66. The molecular weight excluding hydrogens is 349 g/mol. The molecule has 0 radical (unpaired) electrons. The van der Waals surface area contributed by atoms with Crippen LogP contribution in [-0.2, 0) is 11.2 Å². The van der Waals surface area contributed by atoms with E-state index in [0.29, 0.717) is 25.1 Å². The number of pyridine rings is 1. The molecule has 1 atom stereocenters. The average molecular weight is 367 g/mol. The van der Waals surface area contributed by atoms with Gasteiger partial charge in [0.1, 0.15) is 17.6 Å². The van der Waals surface area contributed by atoms with Crippen LogP contribution in [0.1, 0.15) is 38.4 Å². The van der Waals surface area contributed by atoms with Gasteiger partial charge in [0.25, 0.3) is 5.91 Å². The van der Waals surface area contributed by atoms with Crippen LogP contribution in [0.2, 0.25) is 0 Å². The molecule has 1 unspecified atom stereocenters. The Morgan fingerprint density at radius 1 is 1.37 bits per heavy atom. The average Bonchev–Trinajstić information content (AvgIpc) is 3.16. The highest BCUT2D eigenvalue weighted by Crippen LogP contribution is 2.23. The number of amides is 1. The standard InChI is InChI=1S/C20H18FN3O3/c1-27-20(26)17-9-13(2-5-18(17)21)8-14-6-7-24(12-14)19(25)15-3-4-16(10-22)23-11-15/h2-5,9,11,14H,6-8,12H2,1H3. The minimum absolute atomic E-state index is 0.0791. The van der Waals surface area contributed by atoms with E-state index in [1.807, 2.05) is 6.07 Å². The Labute approximate surface area is 156 Å². The second kappa shape index (κ2) is 7.96. The van der Waals surface area contributed by atoms with Crippen molar-refractivity contribution >= 4 is 11.9 Å². The topological polar surface area (TPSA) is 83.3 Å². The molecule has 27 heavy (non-hydrogen) atoms. The fourth-order valence-corrected chi connectivity index (χ4v) is 3.25. The Kier molecular flexibility index (Phi) is 5.46. The monoisotopic (exact) mass is 367 g/mol. The molecule has 0 aliphatic carbocycles. The van der Waals surface area contributed by atoms with Crippen LogP contribution in [0.25, 0.3) is 0 Å². The molecule has 2 aromatic rings. The fourth-order valence-electron chi connectivity index (χ4n) is 3.25. The van der Waals surface area contributed by atoms with Gasteiger partial charge in [0, 0.05) is 19.3 Å². The first kappa shape index (κ1) is 18.5. The highest BCUT2D eigenvalue weighted by Gasteiger charge is 2.27. The number of hydrogen-bond acceptors (Lipinski definition) is 5. The summed E-state index contributed by atoms with van der Waals surface area (Å²) in [5.41, 5.74) is 1.47. The number of halogens is 1. The van der Waals surface area contributed by atoms with Crippen molar-refractivity contribution in [3.05, 3.63) is 64.7 Å². The summed E-state index contributed by atoms with van der Waals surface area (Å²) in [4.78, 5) is 29.9. The summed E-state index contributed by atoms with van der Waals surface area (Å²) < 4.78 is 18.3. The summed E-state index contributed by atoms with van der Waals surface area (Å²) >= 11 is 0. The van der Waals surface area contributed by atoms with E-state index in [4.69, 9.17) is 5.26 Å². The molecule has 1 amide bonds. The molecule has 1 fully saturated rings. The van der Waals surface area contributed by atoms with Gasteiger partial charge < -0.3 is 9.64 Å². The van der Waals surface area contributed by atoms with Crippen molar-refractivity contribution in [3.8, 4) is 6.07 Å². The quantitative estimate of drug-likeness (QED) is 0.776. The van der Waals surface area contributed by atoms with Crippen LogP contribution >= 0.6 is 0 Å². The molecule has 0 bridgehead atoms. The zero-order valence-electron chi connectivity index (χ0n) is 14.8. The minimum atomic E-state index is -0.703. The lowest BCUT2D eigenvalue weighted by Gasteiger charge is -2.16. The van der Waals surface area contributed by atoms with E-state index in [9.17, 15) is 14.0 Å². The number of nitrogens with zero attached hydrogens (tertiary/aromatic N) is 3. The van der Waals surface area contributed by atoms with Gasteiger partial charge in [-0.1, -0.05) is 6.07 Å². The summed E-state index contributed by atoms with van der Waals surface area (Å²) in [6.07, 6.45) is 2.87. The largest absolute Gasteiger partial charge is 0.465 e. The molecule has 1 aliphatic heterocycles. The molecule has 1 aromatic heterocycles. The molecule has 0 saturated carbocycles. The third kappa shape index (κ3) is 4.11. The molecule has 138 valence electrons. The van der Waals surface area contributed by atoms with Crippen LogP contribution in [0, 0.1) is 23.1 Å². The van der Waals surface area contributed by atoms with E-state index in [0.717, 1.165) is 12.0 Å². The maximum absolute atomic E-state index is 13.8. The zero-order chi connectivity index (χ0) is 19.4. The number of carbonyl (C=O) groups is 2. The molecular formula is C20H18FN3O3. The van der Waals surface area contributed by atoms with Crippen molar-refractivity contribution in [3.63, 3.8) is 0 Å². The van der Waals surface area contributed by atoms with Gasteiger partial charge in [-0.05, 0) is 48.6 Å². The van der Waals surface area contributed by atoms with E-state index < -0.39 is 11.8 Å². The highest BCUT2D eigenvalue weighted by molar-refractivity contribution is 5.94. The predicted molar refractivity (Wildman–Crippen MR) is 94.4 cm³/mol. The second-order valence-electron chi connectivity index (χ2n) is 6.46. The fraction of sp³-hybridized carbons (Fsp3) is 0.300. The Morgan fingerprint density at radius 3 is 2.85 bits per heavy atom. The van der Waals surface area contributed by atoms with Crippen LogP contribution in [0.15, 0.2) is 36.5 Å². The van der Waals surface area contributed by atoms with E-state index in [1.165, 1.54) is 31.5 Å². The van der Waals surface area contributed by atoms with Crippen molar-refractivity contribution in [1.29, 1.82) is 5.26 Å². The first-order valence-electron chi connectivity index (χ1n) is 8.54. The van der Waals surface area contributed by atoms with Gasteiger partial charge in [-0.2, -0.15) is 5.26 Å². The predicted octanol–water partition coefficient (Wildman–Crippen LogP) is 2.58. The number of ether oxygens (including phenoxy) is 1. The van der Waals surface area contributed by atoms with E-state index in [2.05, 4.69) is 9.72 Å². The van der Waals surface area contributed by atoms with Gasteiger partial charge in [0.2, 0.25) is 0 Å². The highest BCUT2D eigenvalue weighted by atomic mass is 19.1. The van der Waals surface area contributed by atoms with Crippen LogP contribution in [0.5, 0.6) is 0 Å². The summed E-state index contributed by atoms with van der Waals surface area (Å²) in [5.74, 6) is -1.21. The molecule has 0 spiro atoms. The summed E-state index contributed by atoms with van der Waals surface area (Å²) in [6.45, 7) is 1.19. The molecule has 1 saturated heterocycles. The van der Waals surface area contributed by atoms with Gasteiger partial charge in [-0.3, -0.25) is 4.79 Å². The van der Waals surface area contributed by atoms with Crippen LogP contribution in [0.3, 0.4) is 0 Å². The third-order valence-electron chi connectivity index (χ3n) is 4.66. The number of hydrogen-bond donors (Lipinski definition) is 0. The van der Waals surface area contributed by atoms with Crippen molar-refractivity contribution in [2.24, 2.45) is 5.92 Å². The second-order valence-corrected chi connectivity index (χ2v) is 6.46. The minimum Gasteiger partial charge on any atom is -0.465 e. The summed E-state index contributed by atoms with van der Waals surface area (Å²) in [6, 6.07) is 9.47. The number of rotatable bonds is 4. The number of aromatic nitrogens is 1. The van der Waals surface area contributed by atoms with Crippen LogP contribution < -0.4 is 0 Å². The number of carbonyl (C=O) groups excluding carboxylic acids is 2. The lowest BCUT2D eigenvalue weighted by atomic mass is 9.97. The number of nitriles is 1. The van der Waals surface area contributed by atoms with Crippen molar-refractivity contribution in [2.75, 3.05) is 20.2 Å². The van der Waals surface area contributed by atoms with Gasteiger partial charge in [0.05, 0.1) is 18.2 Å². The number of likely N-dealkylation sites (tertiary alicyclic amines) is 1. The molecule has 7 heteroatoms. The first-order chi connectivity index (χ1) is 13.0. The summed E-state index contributed by atoms with van der Waals surface area (Å²) in [5, 5.41) is 8.78. The maximum atomic E-state index is 13.8. The SMILES string of the molecule is COC(=O)c1cc(CC2CCN(C(=O)c3ccc(C#N)nc3)C2)ccc1F. The Bertz CT molecular complexity index is 906. The Morgan fingerprint density at radius 2 is 2.19 bits per heavy atom.